The zero-order chi connectivity index (χ0) is 48.6. The van der Waals surface area contributed by atoms with Gasteiger partial charge in [0.05, 0.1) is 72.1 Å². The Bertz CT molecular complexity index is 5140. The van der Waals surface area contributed by atoms with Crippen molar-refractivity contribution in [2.24, 2.45) is 0 Å². The van der Waals surface area contributed by atoms with E-state index in [-0.39, 0.29) is 0 Å². The highest BCUT2D eigenvalue weighted by Crippen LogP contribution is 2.51. The molecular formula is C70H39N5. The first-order chi connectivity index (χ1) is 37.2. The van der Waals surface area contributed by atoms with E-state index < -0.39 is 0 Å². The van der Waals surface area contributed by atoms with E-state index in [0.29, 0.717) is 0 Å². The maximum absolute atomic E-state index is 5.74. The number of nitrogens with zero attached hydrogens (tertiary/aromatic N) is 5. The van der Waals surface area contributed by atoms with Gasteiger partial charge in [-0.2, -0.15) is 0 Å². The molecule has 0 aliphatic heterocycles. The van der Waals surface area contributed by atoms with E-state index in [1.165, 1.54) is 81.9 Å². The van der Waals surface area contributed by atoms with Gasteiger partial charge in [-0.1, -0.05) is 182 Å². The lowest BCUT2D eigenvalue weighted by Gasteiger charge is -2.12. The Hall–Kier alpha value is -10.1. The summed E-state index contributed by atoms with van der Waals surface area (Å²) in [4.78, 5) is 11.5. The fourth-order valence-corrected chi connectivity index (χ4v) is 13.4. The van der Waals surface area contributed by atoms with Crippen LogP contribution in [0.1, 0.15) is 0 Å². The van der Waals surface area contributed by atoms with Crippen molar-refractivity contribution in [1.29, 1.82) is 0 Å². The molecule has 75 heavy (non-hydrogen) atoms. The Labute approximate surface area is 428 Å². The summed E-state index contributed by atoms with van der Waals surface area (Å²) in [6, 6.07) is 86.9. The lowest BCUT2D eigenvalue weighted by molar-refractivity contribution is 1.34. The highest BCUT2D eigenvalue weighted by molar-refractivity contribution is 6.33. The molecule has 0 aliphatic rings. The van der Waals surface area contributed by atoms with Gasteiger partial charge in [-0.15, -0.1) is 0 Å². The molecule has 0 saturated heterocycles. The second-order valence-electron chi connectivity index (χ2n) is 20.4. The van der Waals surface area contributed by atoms with Crippen LogP contribution in [0.15, 0.2) is 237 Å². The third-order valence-corrected chi connectivity index (χ3v) is 16.6. The summed E-state index contributed by atoms with van der Waals surface area (Å²) in [5.41, 5.74) is 23.6. The van der Waals surface area contributed by atoms with Gasteiger partial charge in [0.2, 0.25) is 0 Å². The van der Waals surface area contributed by atoms with E-state index >= 15 is 0 Å². The molecule has 344 valence electrons. The normalized spacial score (nSPS) is 12.5. The molecule has 0 saturated carbocycles. The van der Waals surface area contributed by atoms with Gasteiger partial charge in [-0.05, 0) is 82.4 Å². The van der Waals surface area contributed by atoms with E-state index in [2.05, 4.69) is 250 Å². The highest BCUT2D eigenvalue weighted by Gasteiger charge is 2.30. The van der Waals surface area contributed by atoms with Crippen molar-refractivity contribution in [3.8, 4) is 55.9 Å². The fourth-order valence-electron chi connectivity index (χ4n) is 13.4. The molecule has 0 unspecified atom stereocenters. The second-order valence-corrected chi connectivity index (χ2v) is 20.4. The van der Waals surface area contributed by atoms with E-state index in [9.17, 15) is 0 Å². The third-order valence-electron chi connectivity index (χ3n) is 16.6. The van der Waals surface area contributed by atoms with Crippen LogP contribution in [0.5, 0.6) is 0 Å². The predicted molar refractivity (Wildman–Crippen MR) is 313 cm³/mol. The van der Waals surface area contributed by atoms with Crippen LogP contribution in [0.3, 0.4) is 0 Å². The third kappa shape index (κ3) is 5.16. The molecule has 8 heterocycles. The summed E-state index contributed by atoms with van der Waals surface area (Å²) in [5.74, 6) is 0. The molecule has 0 N–H and O–H groups in total. The summed E-state index contributed by atoms with van der Waals surface area (Å²) in [5, 5.41) is 12.1. The standard InChI is InChI=1S/C70H39N5/c1-5-16-40(17-6-1)44-29-32-60-51(34-44)53-38-57(42-20-9-3-10-21-42)71-64-55-37-56-65-70-54(39-58(72-65)43-22-11-4-12-23-43)52-35-45(41-18-7-2-8-19-41)30-33-61(52)75(70)68(56)63(67(55)74(60)69(53)64)46-28-31-48-50-26-15-25-49-47-24-13-14-27-59(47)73(66(49)50)62(48)36-46/h1-39H. The van der Waals surface area contributed by atoms with Crippen molar-refractivity contribution in [3.63, 3.8) is 0 Å². The molecule has 0 aliphatic carbocycles. The van der Waals surface area contributed by atoms with Crippen molar-refractivity contribution in [3.05, 3.63) is 237 Å². The first-order valence-corrected chi connectivity index (χ1v) is 25.8. The molecule has 0 bridgehead atoms. The number of pyridine rings is 2. The molecular weight excluding hydrogens is 911 g/mol. The average molecular weight is 950 g/mol. The van der Waals surface area contributed by atoms with Gasteiger partial charge < -0.3 is 13.2 Å². The maximum atomic E-state index is 5.74. The Balaban J connectivity index is 1.07. The largest absolute Gasteiger partial charge is 0.308 e. The Morgan fingerprint density at radius 1 is 0.213 bits per heavy atom. The number of rotatable bonds is 5. The molecule has 5 nitrogen and oxygen atoms in total. The van der Waals surface area contributed by atoms with Crippen LogP contribution in [-0.4, -0.2) is 23.2 Å². The molecule has 10 aromatic carbocycles. The molecule has 0 atom stereocenters. The molecule has 18 aromatic rings. The number of aromatic nitrogens is 5. The van der Waals surface area contributed by atoms with Crippen molar-refractivity contribution >= 4 is 115 Å². The van der Waals surface area contributed by atoms with Crippen molar-refractivity contribution in [2.45, 2.75) is 0 Å². The quantitative estimate of drug-likeness (QED) is 0.172. The number of hydrogen-bond acceptors (Lipinski definition) is 2. The van der Waals surface area contributed by atoms with Gasteiger partial charge in [0.15, 0.2) is 0 Å². The van der Waals surface area contributed by atoms with E-state index in [1.54, 1.807) is 0 Å². The molecule has 5 heteroatoms. The maximum Gasteiger partial charge on any atom is 0.0977 e. The number of benzene rings is 10. The first kappa shape index (κ1) is 39.5. The Morgan fingerprint density at radius 3 is 1.19 bits per heavy atom. The lowest BCUT2D eigenvalue weighted by Crippen LogP contribution is -1.92. The van der Waals surface area contributed by atoms with Gasteiger partial charge in [0.1, 0.15) is 0 Å². The minimum absolute atomic E-state index is 0.953. The molecule has 0 spiro atoms. The zero-order valence-corrected chi connectivity index (χ0v) is 40.3. The van der Waals surface area contributed by atoms with E-state index in [0.717, 1.165) is 88.5 Å². The summed E-state index contributed by atoms with van der Waals surface area (Å²) in [6.07, 6.45) is 0. The van der Waals surface area contributed by atoms with Crippen molar-refractivity contribution in [2.75, 3.05) is 0 Å². The smallest absolute Gasteiger partial charge is 0.0977 e. The van der Waals surface area contributed by atoms with Crippen LogP contribution in [-0.2, 0) is 0 Å². The summed E-state index contributed by atoms with van der Waals surface area (Å²) in [7, 11) is 0. The van der Waals surface area contributed by atoms with Crippen molar-refractivity contribution < 1.29 is 0 Å². The minimum atomic E-state index is 0.953. The van der Waals surface area contributed by atoms with Crippen LogP contribution in [0, 0.1) is 0 Å². The second kappa shape index (κ2) is 14.3. The average Bonchev–Trinajstić information content (AvgIpc) is 4.46. The molecule has 0 radical (unpaired) electrons. The van der Waals surface area contributed by atoms with Gasteiger partial charge >= 0.3 is 0 Å². The highest BCUT2D eigenvalue weighted by atomic mass is 15.0. The van der Waals surface area contributed by atoms with Crippen molar-refractivity contribution in [1.82, 2.24) is 23.2 Å². The van der Waals surface area contributed by atoms with E-state index in [4.69, 9.17) is 9.97 Å². The molecule has 0 fully saturated rings. The fraction of sp³-hybridized carbons (Fsp3) is 0. The van der Waals surface area contributed by atoms with Gasteiger partial charge in [-0.3, -0.25) is 0 Å². The Morgan fingerprint density at radius 2 is 0.653 bits per heavy atom. The Kier molecular flexibility index (Phi) is 7.54. The SMILES string of the molecule is c1ccc(-c2ccc3c(c2)c2cc(-c4ccccc4)nc4c5cc6c7nc(-c8ccccc8)cc8c9cc(-c%10ccccc%10)ccc9n(c6c(-c6ccc9c%10cccc%11c%12ccccc%12n(c9c6)c%11%10)c5n3c24)c87)cc1. The summed E-state index contributed by atoms with van der Waals surface area (Å²) in [6.45, 7) is 0. The number of para-hydroxylation sites is 2. The molecule has 8 aromatic heterocycles. The first-order valence-electron chi connectivity index (χ1n) is 25.8. The lowest BCUT2D eigenvalue weighted by atomic mass is 9.96. The van der Waals surface area contributed by atoms with Crippen LogP contribution < -0.4 is 0 Å². The van der Waals surface area contributed by atoms with Crippen LogP contribution in [0.25, 0.3) is 170 Å². The topological polar surface area (TPSA) is 39.0 Å². The zero-order valence-electron chi connectivity index (χ0n) is 40.3. The summed E-state index contributed by atoms with van der Waals surface area (Å²) >= 11 is 0. The predicted octanol–water partition coefficient (Wildman–Crippen LogP) is 18.3. The van der Waals surface area contributed by atoms with Gasteiger partial charge in [0.25, 0.3) is 0 Å². The van der Waals surface area contributed by atoms with Gasteiger partial charge in [-0.25, -0.2) is 9.97 Å². The monoisotopic (exact) mass is 949 g/mol. The molecule has 0 amide bonds. The van der Waals surface area contributed by atoms with Crippen LogP contribution in [0.4, 0.5) is 0 Å². The molecule has 18 rings (SSSR count). The number of hydrogen-bond donors (Lipinski definition) is 0. The number of fused-ring (bicyclic) bond motifs is 18. The minimum Gasteiger partial charge on any atom is -0.308 e. The van der Waals surface area contributed by atoms with Crippen LogP contribution in [0.2, 0.25) is 0 Å². The summed E-state index contributed by atoms with van der Waals surface area (Å²) < 4.78 is 7.61. The van der Waals surface area contributed by atoms with Crippen LogP contribution >= 0.6 is 0 Å². The van der Waals surface area contributed by atoms with E-state index in [1.807, 2.05) is 0 Å². The van der Waals surface area contributed by atoms with Gasteiger partial charge in [0, 0.05) is 70.6 Å².